The lowest BCUT2D eigenvalue weighted by atomic mass is 10.2. The predicted octanol–water partition coefficient (Wildman–Crippen LogP) is 2.82. The van der Waals surface area contributed by atoms with E-state index in [-0.39, 0.29) is 11.3 Å². The number of carbonyl (C=O) groups excluding carboxylic acids is 1. The zero-order valence-corrected chi connectivity index (χ0v) is 9.75. The lowest BCUT2D eigenvalue weighted by Gasteiger charge is -2.05. The summed E-state index contributed by atoms with van der Waals surface area (Å²) >= 11 is 0. The van der Waals surface area contributed by atoms with Crippen LogP contribution >= 0.6 is 0 Å². The largest absolute Gasteiger partial charge is 0.361 e. The van der Waals surface area contributed by atoms with E-state index in [0.29, 0.717) is 11.5 Å². The molecule has 94 valence electrons. The summed E-state index contributed by atoms with van der Waals surface area (Å²) in [4.78, 5) is 11.9. The van der Waals surface area contributed by atoms with Gasteiger partial charge in [0.15, 0.2) is 0 Å². The van der Waals surface area contributed by atoms with Crippen molar-refractivity contribution in [3.05, 3.63) is 46.9 Å². The lowest BCUT2D eigenvalue weighted by Crippen LogP contribution is -2.14. The van der Waals surface area contributed by atoms with Crippen LogP contribution in [0.5, 0.6) is 0 Å². The van der Waals surface area contributed by atoms with Crippen molar-refractivity contribution < 1.29 is 18.1 Å². The Morgan fingerprint density at radius 3 is 2.67 bits per heavy atom. The third kappa shape index (κ3) is 2.22. The minimum absolute atomic E-state index is 0.221. The summed E-state index contributed by atoms with van der Waals surface area (Å²) in [5, 5.41) is 5.90. The van der Waals surface area contributed by atoms with Gasteiger partial charge in [0.2, 0.25) is 0 Å². The maximum Gasteiger partial charge on any atom is 0.261 e. The number of aryl methyl sites for hydroxylation is 2. The maximum absolute atomic E-state index is 13.4. The molecule has 0 aliphatic carbocycles. The van der Waals surface area contributed by atoms with Crippen LogP contribution in [0.3, 0.4) is 0 Å². The summed E-state index contributed by atoms with van der Waals surface area (Å²) in [6, 6.07) is 2.82. The third-order valence-electron chi connectivity index (χ3n) is 2.44. The molecule has 0 saturated carbocycles. The van der Waals surface area contributed by atoms with Gasteiger partial charge >= 0.3 is 0 Å². The van der Waals surface area contributed by atoms with E-state index in [0.717, 1.165) is 18.2 Å². The molecule has 2 aromatic rings. The normalized spacial score (nSPS) is 10.4. The summed E-state index contributed by atoms with van der Waals surface area (Å²) in [7, 11) is 0. The van der Waals surface area contributed by atoms with Crippen LogP contribution in [-0.4, -0.2) is 11.1 Å². The van der Waals surface area contributed by atoms with Crippen LogP contribution in [-0.2, 0) is 0 Å². The Bertz CT molecular complexity index is 589. The number of nitrogens with one attached hydrogen (secondary N) is 1. The smallest absolute Gasteiger partial charge is 0.261 e. The van der Waals surface area contributed by atoms with Crippen molar-refractivity contribution in [3.8, 4) is 0 Å². The first-order valence-electron chi connectivity index (χ1n) is 5.18. The summed E-state index contributed by atoms with van der Waals surface area (Å²) in [5.41, 5.74) is 0.389. The topological polar surface area (TPSA) is 55.1 Å². The molecule has 1 heterocycles. The third-order valence-corrected chi connectivity index (χ3v) is 2.44. The van der Waals surface area contributed by atoms with Crippen LogP contribution in [0, 0.1) is 25.5 Å². The van der Waals surface area contributed by atoms with Crippen LogP contribution in [0.2, 0.25) is 0 Å². The molecule has 1 N–H and O–H groups in total. The average Bonchev–Trinajstić information content (AvgIpc) is 2.63. The van der Waals surface area contributed by atoms with Gasteiger partial charge in [-0.1, -0.05) is 5.16 Å². The summed E-state index contributed by atoms with van der Waals surface area (Å²) in [6.07, 6.45) is 0. The Morgan fingerprint density at radius 2 is 2.06 bits per heavy atom. The Balaban J connectivity index is 2.30. The molecule has 0 aliphatic rings. The van der Waals surface area contributed by atoms with Gasteiger partial charge in [-0.3, -0.25) is 4.79 Å². The zero-order valence-electron chi connectivity index (χ0n) is 9.75. The molecular weight excluding hydrogens is 242 g/mol. The second-order valence-corrected chi connectivity index (χ2v) is 3.78. The van der Waals surface area contributed by atoms with Gasteiger partial charge in [0.05, 0.1) is 11.4 Å². The number of amides is 1. The summed E-state index contributed by atoms with van der Waals surface area (Å²) in [6.45, 7) is 3.16. The standard InChI is InChI=1S/C12H10F2N2O2/c1-6-11(7(2)18-16-6)12(17)15-10-5-8(13)3-4-9(10)14/h3-5H,1-2H3,(H,15,17). The summed E-state index contributed by atoms with van der Waals surface area (Å²) < 4.78 is 31.1. The van der Waals surface area contributed by atoms with E-state index in [2.05, 4.69) is 10.5 Å². The van der Waals surface area contributed by atoms with Crippen molar-refractivity contribution in [2.45, 2.75) is 13.8 Å². The van der Waals surface area contributed by atoms with Gasteiger partial charge in [-0.15, -0.1) is 0 Å². The van der Waals surface area contributed by atoms with Gasteiger partial charge in [-0.25, -0.2) is 8.78 Å². The van der Waals surface area contributed by atoms with Crippen molar-refractivity contribution in [1.82, 2.24) is 5.16 Å². The highest BCUT2D eigenvalue weighted by Crippen LogP contribution is 2.18. The van der Waals surface area contributed by atoms with Gasteiger partial charge in [0.25, 0.3) is 5.91 Å². The molecule has 0 atom stereocenters. The van der Waals surface area contributed by atoms with E-state index in [1.54, 1.807) is 13.8 Å². The number of benzene rings is 1. The first-order chi connectivity index (χ1) is 8.49. The number of rotatable bonds is 2. The predicted molar refractivity (Wildman–Crippen MR) is 60.3 cm³/mol. The summed E-state index contributed by atoms with van der Waals surface area (Å²) in [5.74, 6) is -1.61. The Kier molecular flexibility index (Phi) is 3.10. The van der Waals surface area contributed by atoms with Gasteiger partial charge in [0.1, 0.15) is 23.0 Å². The second-order valence-electron chi connectivity index (χ2n) is 3.78. The van der Waals surface area contributed by atoms with Crippen molar-refractivity contribution >= 4 is 11.6 Å². The first kappa shape index (κ1) is 12.2. The van der Waals surface area contributed by atoms with E-state index in [4.69, 9.17) is 4.52 Å². The molecule has 2 rings (SSSR count). The molecule has 0 bridgehead atoms. The van der Waals surface area contributed by atoms with Gasteiger partial charge < -0.3 is 9.84 Å². The molecule has 6 heteroatoms. The first-order valence-corrected chi connectivity index (χ1v) is 5.18. The fourth-order valence-electron chi connectivity index (χ4n) is 1.59. The number of carbonyl (C=O) groups is 1. The molecule has 18 heavy (non-hydrogen) atoms. The van der Waals surface area contributed by atoms with Crippen molar-refractivity contribution in [2.24, 2.45) is 0 Å². The van der Waals surface area contributed by atoms with Crippen LogP contribution in [0.15, 0.2) is 22.7 Å². The lowest BCUT2D eigenvalue weighted by molar-refractivity contribution is 0.102. The minimum Gasteiger partial charge on any atom is -0.361 e. The highest BCUT2D eigenvalue weighted by molar-refractivity contribution is 6.05. The van der Waals surface area contributed by atoms with E-state index in [9.17, 15) is 13.6 Å². The number of halogens is 2. The van der Waals surface area contributed by atoms with E-state index >= 15 is 0 Å². The second kappa shape index (κ2) is 4.56. The molecule has 1 aromatic carbocycles. The average molecular weight is 252 g/mol. The van der Waals surface area contributed by atoms with Crippen molar-refractivity contribution in [3.63, 3.8) is 0 Å². The number of nitrogens with zero attached hydrogens (tertiary/aromatic N) is 1. The molecule has 0 aliphatic heterocycles. The molecule has 4 nitrogen and oxygen atoms in total. The van der Waals surface area contributed by atoms with E-state index in [1.165, 1.54) is 0 Å². The molecule has 0 radical (unpaired) electrons. The Morgan fingerprint density at radius 1 is 1.33 bits per heavy atom. The molecule has 1 amide bonds. The number of hydrogen-bond acceptors (Lipinski definition) is 3. The monoisotopic (exact) mass is 252 g/mol. The molecule has 1 aromatic heterocycles. The van der Waals surface area contributed by atoms with Gasteiger partial charge in [0, 0.05) is 6.07 Å². The van der Waals surface area contributed by atoms with Crippen molar-refractivity contribution in [2.75, 3.05) is 5.32 Å². The highest BCUT2D eigenvalue weighted by atomic mass is 19.1. The molecular formula is C12H10F2N2O2. The SMILES string of the molecule is Cc1noc(C)c1C(=O)Nc1cc(F)ccc1F. The Labute approximate surface area is 102 Å². The number of aromatic nitrogens is 1. The number of anilines is 1. The molecule has 0 unspecified atom stereocenters. The van der Waals surface area contributed by atoms with Crippen molar-refractivity contribution in [1.29, 1.82) is 0 Å². The van der Waals surface area contributed by atoms with Crippen LogP contribution in [0.1, 0.15) is 21.8 Å². The van der Waals surface area contributed by atoms with Crippen LogP contribution in [0.25, 0.3) is 0 Å². The Hall–Kier alpha value is -2.24. The van der Waals surface area contributed by atoms with Gasteiger partial charge in [-0.05, 0) is 26.0 Å². The van der Waals surface area contributed by atoms with Crippen LogP contribution in [0.4, 0.5) is 14.5 Å². The van der Waals surface area contributed by atoms with E-state index < -0.39 is 17.5 Å². The van der Waals surface area contributed by atoms with E-state index in [1.807, 2.05) is 0 Å². The molecule has 0 spiro atoms. The number of hydrogen-bond donors (Lipinski definition) is 1. The quantitative estimate of drug-likeness (QED) is 0.894. The fourth-order valence-corrected chi connectivity index (χ4v) is 1.59. The van der Waals surface area contributed by atoms with Crippen LogP contribution < -0.4 is 5.32 Å². The zero-order chi connectivity index (χ0) is 13.3. The minimum atomic E-state index is -0.712. The molecule has 0 fully saturated rings. The fraction of sp³-hybridized carbons (Fsp3) is 0.167. The van der Waals surface area contributed by atoms with Gasteiger partial charge in [-0.2, -0.15) is 0 Å². The highest BCUT2D eigenvalue weighted by Gasteiger charge is 2.18. The maximum atomic E-state index is 13.4. The molecule has 0 saturated heterocycles.